The highest BCUT2D eigenvalue weighted by Crippen LogP contribution is 2.35. The molecule has 1 unspecified atom stereocenters. The van der Waals surface area contributed by atoms with E-state index in [2.05, 4.69) is 5.32 Å². The predicted octanol–water partition coefficient (Wildman–Crippen LogP) is 4.95. The summed E-state index contributed by atoms with van der Waals surface area (Å²) in [6.45, 7) is 2.30. The number of fused-ring (bicyclic) bond motifs is 1. The van der Waals surface area contributed by atoms with Crippen LogP contribution in [0.2, 0.25) is 5.02 Å². The summed E-state index contributed by atoms with van der Waals surface area (Å²) in [6, 6.07) is 25.8. The van der Waals surface area contributed by atoms with Crippen molar-refractivity contribution in [2.75, 3.05) is 12.0 Å². The van der Waals surface area contributed by atoms with Crippen LogP contribution in [-0.2, 0) is 17.9 Å². The molecule has 0 saturated heterocycles. The topological polar surface area (TPSA) is 76.5 Å². The average molecular weight is 501 g/mol. The highest BCUT2D eigenvalue weighted by atomic mass is 35.5. The Morgan fingerprint density at radius 2 is 1.75 bits per heavy atom. The summed E-state index contributed by atoms with van der Waals surface area (Å²) in [6.07, 6.45) is 0. The van der Waals surface area contributed by atoms with Gasteiger partial charge in [-0.3, -0.25) is 19.2 Å². The number of aromatic nitrogens is 2. The van der Waals surface area contributed by atoms with Gasteiger partial charge in [0.15, 0.2) is 0 Å². The zero-order chi connectivity index (χ0) is 25.3. The van der Waals surface area contributed by atoms with E-state index in [4.69, 9.17) is 21.4 Å². The number of halogens is 1. The third kappa shape index (κ3) is 4.33. The lowest BCUT2D eigenvalue weighted by atomic mass is 9.93. The number of hydrogen-bond acceptors (Lipinski definition) is 4. The minimum Gasteiger partial charge on any atom is -0.497 e. The van der Waals surface area contributed by atoms with E-state index in [1.165, 1.54) is 0 Å². The first-order valence-corrected chi connectivity index (χ1v) is 11.9. The molecular formula is C28H25ClN4O3. The van der Waals surface area contributed by atoms with Crippen molar-refractivity contribution >= 4 is 29.1 Å². The third-order valence-electron chi connectivity index (χ3n) is 6.41. The van der Waals surface area contributed by atoms with E-state index in [9.17, 15) is 9.59 Å². The van der Waals surface area contributed by atoms with Crippen molar-refractivity contribution in [3.63, 3.8) is 0 Å². The molecular weight excluding hydrogens is 476 g/mol. The van der Waals surface area contributed by atoms with E-state index in [1.54, 1.807) is 53.9 Å². The van der Waals surface area contributed by atoms with Gasteiger partial charge in [0.05, 0.1) is 19.3 Å². The monoisotopic (exact) mass is 500 g/mol. The molecule has 5 rings (SSSR count). The molecule has 2 amide bonds. The smallest absolute Gasteiger partial charge is 0.277 e. The van der Waals surface area contributed by atoms with Crippen LogP contribution in [0, 0.1) is 0 Å². The van der Waals surface area contributed by atoms with E-state index in [-0.39, 0.29) is 18.4 Å². The Morgan fingerprint density at radius 1 is 1.06 bits per heavy atom. The molecule has 1 atom stereocenters. The van der Waals surface area contributed by atoms with Gasteiger partial charge in [-0.05, 0) is 67.1 Å². The number of ether oxygens (including phenoxy) is 1. The van der Waals surface area contributed by atoms with Crippen LogP contribution >= 0.6 is 11.6 Å². The van der Waals surface area contributed by atoms with E-state index in [0.29, 0.717) is 28.6 Å². The number of nitrogens with zero attached hydrogens (tertiary/aromatic N) is 3. The fourth-order valence-corrected chi connectivity index (χ4v) is 4.57. The number of benzene rings is 3. The quantitative estimate of drug-likeness (QED) is 0.406. The minimum absolute atomic E-state index is 0.188. The first-order valence-electron chi connectivity index (χ1n) is 11.5. The first kappa shape index (κ1) is 23.6. The lowest BCUT2D eigenvalue weighted by Crippen LogP contribution is -2.64. The molecule has 3 aromatic carbocycles. The van der Waals surface area contributed by atoms with Crippen LogP contribution in [0.4, 0.5) is 5.69 Å². The van der Waals surface area contributed by atoms with E-state index < -0.39 is 5.54 Å². The molecule has 0 fully saturated rings. The first-order chi connectivity index (χ1) is 17.4. The maximum atomic E-state index is 13.9. The predicted molar refractivity (Wildman–Crippen MR) is 139 cm³/mol. The van der Waals surface area contributed by atoms with Crippen molar-refractivity contribution in [1.29, 1.82) is 0 Å². The van der Waals surface area contributed by atoms with Gasteiger partial charge < -0.3 is 10.1 Å². The Bertz CT molecular complexity index is 1400. The molecule has 1 aromatic heterocycles. The second kappa shape index (κ2) is 9.51. The number of amides is 2. The van der Waals surface area contributed by atoms with Crippen LogP contribution < -0.4 is 15.0 Å². The van der Waals surface area contributed by atoms with Gasteiger partial charge in [-0.2, -0.15) is 5.10 Å². The van der Waals surface area contributed by atoms with Gasteiger partial charge in [-0.25, -0.2) is 0 Å². The summed E-state index contributed by atoms with van der Waals surface area (Å²) in [5.41, 5.74) is 2.22. The van der Waals surface area contributed by atoms with Gasteiger partial charge in [0.2, 0.25) is 5.91 Å². The second-order valence-electron chi connectivity index (χ2n) is 8.86. The summed E-state index contributed by atoms with van der Waals surface area (Å²) in [5, 5.41) is 8.25. The van der Waals surface area contributed by atoms with Crippen LogP contribution in [0.15, 0.2) is 84.9 Å². The maximum absolute atomic E-state index is 13.9. The molecule has 2 heterocycles. The standard InChI is InChI=1S/C28H25ClN4O3/c1-28(27(35)30-17-19-6-4-3-5-7-19)18-32-25(26(34)33(28)22-12-10-21(29)11-13-22)16-24(31-32)20-8-14-23(36-2)15-9-20/h3-16H,17-18H2,1-2H3,(H,30,35). The highest BCUT2D eigenvalue weighted by Gasteiger charge is 2.48. The number of carbonyl (C=O) groups excluding carboxylic acids is 2. The maximum Gasteiger partial charge on any atom is 0.277 e. The van der Waals surface area contributed by atoms with Crippen LogP contribution in [0.5, 0.6) is 5.75 Å². The minimum atomic E-state index is -1.23. The van der Waals surface area contributed by atoms with Crippen molar-refractivity contribution in [3.05, 3.63) is 101 Å². The molecule has 0 saturated carbocycles. The lowest BCUT2D eigenvalue weighted by Gasteiger charge is -2.43. The van der Waals surface area contributed by atoms with Crippen molar-refractivity contribution in [2.45, 2.75) is 25.6 Å². The normalized spacial score (nSPS) is 17.0. The van der Waals surface area contributed by atoms with Crippen molar-refractivity contribution in [3.8, 4) is 17.0 Å². The van der Waals surface area contributed by atoms with Gasteiger partial charge >= 0.3 is 0 Å². The molecule has 8 heteroatoms. The van der Waals surface area contributed by atoms with Crippen molar-refractivity contribution in [1.82, 2.24) is 15.1 Å². The third-order valence-corrected chi connectivity index (χ3v) is 6.66. The molecule has 182 valence electrons. The fourth-order valence-electron chi connectivity index (χ4n) is 4.45. The summed E-state index contributed by atoms with van der Waals surface area (Å²) >= 11 is 6.11. The number of hydrogen-bond donors (Lipinski definition) is 1. The summed E-state index contributed by atoms with van der Waals surface area (Å²) in [4.78, 5) is 29.1. The zero-order valence-electron chi connectivity index (χ0n) is 19.9. The van der Waals surface area contributed by atoms with E-state index >= 15 is 0 Å². The van der Waals surface area contributed by atoms with Crippen LogP contribution in [0.1, 0.15) is 23.0 Å². The molecule has 4 aromatic rings. The lowest BCUT2D eigenvalue weighted by molar-refractivity contribution is -0.126. The second-order valence-corrected chi connectivity index (χ2v) is 9.30. The SMILES string of the molecule is COc1ccc(-c2cc3n(n2)CC(C)(C(=O)NCc2ccccc2)N(c2ccc(Cl)cc2)C3=O)cc1. The van der Waals surface area contributed by atoms with Gasteiger partial charge in [0.25, 0.3) is 5.91 Å². The van der Waals surface area contributed by atoms with Crippen molar-refractivity contribution < 1.29 is 14.3 Å². The molecule has 7 nitrogen and oxygen atoms in total. The average Bonchev–Trinajstić information content (AvgIpc) is 3.33. The summed E-state index contributed by atoms with van der Waals surface area (Å²) in [7, 11) is 1.61. The molecule has 0 spiro atoms. The van der Waals surface area contributed by atoms with Gasteiger partial charge in [-0.15, -0.1) is 0 Å². The Balaban J connectivity index is 1.53. The molecule has 1 aliphatic heterocycles. The van der Waals surface area contributed by atoms with Crippen LogP contribution in [-0.4, -0.2) is 34.2 Å². The van der Waals surface area contributed by atoms with Crippen LogP contribution in [0.25, 0.3) is 11.3 Å². The highest BCUT2D eigenvalue weighted by molar-refractivity contribution is 6.30. The van der Waals surface area contributed by atoms with Gasteiger partial charge in [0.1, 0.15) is 17.0 Å². The zero-order valence-corrected chi connectivity index (χ0v) is 20.7. The Morgan fingerprint density at radius 3 is 2.42 bits per heavy atom. The fraction of sp³-hybridized carbons (Fsp3) is 0.179. The molecule has 1 aliphatic rings. The molecule has 0 radical (unpaired) electrons. The molecule has 36 heavy (non-hydrogen) atoms. The Labute approximate surface area is 214 Å². The number of carbonyl (C=O) groups is 2. The number of methoxy groups -OCH3 is 1. The number of nitrogens with one attached hydrogen (secondary N) is 1. The number of rotatable bonds is 6. The molecule has 0 bridgehead atoms. The van der Waals surface area contributed by atoms with Gasteiger partial charge in [-0.1, -0.05) is 41.9 Å². The summed E-state index contributed by atoms with van der Waals surface area (Å²) < 4.78 is 6.86. The Hall–Kier alpha value is -4.10. The van der Waals surface area contributed by atoms with Crippen molar-refractivity contribution in [2.24, 2.45) is 0 Å². The van der Waals surface area contributed by atoms with Crippen LogP contribution in [0.3, 0.4) is 0 Å². The molecule has 0 aliphatic carbocycles. The molecule has 1 N–H and O–H groups in total. The summed E-state index contributed by atoms with van der Waals surface area (Å²) in [5.74, 6) is 0.144. The van der Waals surface area contributed by atoms with E-state index in [1.807, 2.05) is 54.6 Å². The van der Waals surface area contributed by atoms with E-state index in [0.717, 1.165) is 16.9 Å². The largest absolute Gasteiger partial charge is 0.497 e. The Kier molecular flexibility index (Phi) is 6.24. The van der Waals surface area contributed by atoms with Gasteiger partial charge in [0, 0.05) is 22.8 Å². The number of anilines is 1.